The van der Waals surface area contributed by atoms with E-state index in [1.807, 2.05) is 6.07 Å². The van der Waals surface area contributed by atoms with Gasteiger partial charge in [-0.3, -0.25) is 9.32 Å². The van der Waals surface area contributed by atoms with E-state index in [9.17, 15) is 19.7 Å². The van der Waals surface area contributed by atoms with Crippen molar-refractivity contribution in [1.82, 2.24) is 19.7 Å². The number of ether oxygens (including phenoxy) is 4. The van der Waals surface area contributed by atoms with Crippen molar-refractivity contribution in [2.45, 2.75) is 43.1 Å². The fourth-order valence-corrected chi connectivity index (χ4v) is 5.92. The molecule has 5 rings (SSSR count). The second-order valence-corrected chi connectivity index (χ2v) is 10.6. The number of hydrogen-bond acceptors (Lipinski definition) is 12. The van der Waals surface area contributed by atoms with E-state index in [0.29, 0.717) is 5.52 Å². The third-order valence-electron chi connectivity index (χ3n) is 6.29. The quantitative estimate of drug-likeness (QED) is 0.293. The van der Waals surface area contributed by atoms with Gasteiger partial charge in [0.15, 0.2) is 11.9 Å². The smallest absolute Gasteiger partial charge is 0.459 e. The molecule has 2 unspecified atom stereocenters. The Hall–Kier alpha value is -3.68. The summed E-state index contributed by atoms with van der Waals surface area (Å²) in [5.74, 6) is -4.21. The highest BCUT2D eigenvalue weighted by molar-refractivity contribution is 7.52. The van der Waals surface area contributed by atoms with E-state index < -0.39 is 56.5 Å². The number of nitrogens with two attached hydrogens (primary N) is 1. The molecule has 0 aliphatic carbocycles. The van der Waals surface area contributed by atoms with Gasteiger partial charge in [-0.05, 0) is 31.2 Å². The van der Waals surface area contributed by atoms with Crippen molar-refractivity contribution < 1.29 is 46.9 Å². The second-order valence-electron chi connectivity index (χ2n) is 8.90. The number of nitrogens with one attached hydrogen (secondary N) is 1. The molecule has 0 spiro atoms. The molecular weight excluding hydrogens is 554 g/mol. The van der Waals surface area contributed by atoms with Crippen molar-refractivity contribution in [3.8, 4) is 11.8 Å². The maximum absolute atomic E-state index is 16.7. The number of nitrogens with zero attached hydrogens (tertiary/aromatic N) is 4. The number of methoxy groups -OCH3 is 1. The van der Waals surface area contributed by atoms with Crippen molar-refractivity contribution in [2.24, 2.45) is 0 Å². The number of benzene rings is 1. The zero-order chi connectivity index (χ0) is 28.7. The molecule has 0 amide bonds. The van der Waals surface area contributed by atoms with Gasteiger partial charge >= 0.3 is 13.7 Å². The predicted molar refractivity (Wildman–Crippen MR) is 131 cm³/mol. The third kappa shape index (κ3) is 4.78. The summed E-state index contributed by atoms with van der Waals surface area (Å²) < 4.78 is 64.5. The molecule has 0 bridgehead atoms. The summed E-state index contributed by atoms with van der Waals surface area (Å²) in [6, 6.07) is 11.2. The van der Waals surface area contributed by atoms with Crippen LogP contribution in [0.3, 0.4) is 0 Å². The molecule has 40 heavy (non-hydrogen) atoms. The summed E-state index contributed by atoms with van der Waals surface area (Å²) in [6.07, 6.45) is -1.92. The minimum absolute atomic E-state index is 0.0373. The first-order valence-corrected chi connectivity index (χ1v) is 13.3. The summed E-state index contributed by atoms with van der Waals surface area (Å²) >= 11 is 0. The van der Waals surface area contributed by atoms with E-state index >= 15 is 4.39 Å². The van der Waals surface area contributed by atoms with Gasteiger partial charge in [0.2, 0.25) is 5.60 Å². The zero-order valence-corrected chi connectivity index (χ0v) is 21.9. The number of nitriles is 1. The average molecular weight is 578 g/mol. The number of carboxylic acid groups (broad SMARTS) is 1. The van der Waals surface area contributed by atoms with E-state index in [1.54, 1.807) is 18.2 Å². The normalized spacial score (nSPS) is 29.9. The van der Waals surface area contributed by atoms with Crippen LogP contribution < -0.4 is 15.3 Å². The van der Waals surface area contributed by atoms with Crippen molar-refractivity contribution in [3.63, 3.8) is 0 Å². The van der Waals surface area contributed by atoms with Crippen molar-refractivity contribution in [3.05, 3.63) is 54.5 Å². The zero-order valence-electron chi connectivity index (χ0n) is 21.0. The van der Waals surface area contributed by atoms with Crippen LogP contribution in [-0.4, -0.2) is 70.0 Å². The van der Waals surface area contributed by atoms with Crippen LogP contribution in [0.1, 0.15) is 12.6 Å². The number of carbonyl (C=O) groups is 1. The molecule has 0 radical (unpaired) electrons. The van der Waals surface area contributed by atoms with E-state index in [-0.39, 0.29) is 17.3 Å². The first-order valence-electron chi connectivity index (χ1n) is 11.8. The fourth-order valence-electron chi connectivity index (χ4n) is 4.41. The first kappa shape index (κ1) is 27.9. The van der Waals surface area contributed by atoms with Crippen LogP contribution in [0.2, 0.25) is 0 Å². The maximum Gasteiger partial charge on any atom is 0.459 e. The van der Waals surface area contributed by atoms with Crippen LogP contribution in [0, 0.1) is 11.3 Å². The molecule has 17 heteroatoms. The number of fused-ring (bicyclic) bond motifs is 2. The molecule has 2 saturated heterocycles. The number of aromatic nitrogens is 3. The minimum atomic E-state index is -4.56. The lowest BCUT2D eigenvalue weighted by Gasteiger charge is -2.30. The van der Waals surface area contributed by atoms with Crippen LogP contribution >= 0.6 is 7.75 Å². The number of nitrogen functional groups attached to an aromatic ring is 1. The predicted octanol–water partition coefficient (Wildman–Crippen LogP) is 1.71. The van der Waals surface area contributed by atoms with E-state index in [4.69, 9.17) is 33.7 Å². The summed E-state index contributed by atoms with van der Waals surface area (Å²) in [6.45, 7) is -1.32. The summed E-state index contributed by atoms with van der Waals surface area (Å²) in [5, 5.41) is 26.0. The van der Waals surface area contributed by atoms with Crippen LogP contribution in [0.4, 0.5) is 10.2 Å². The Morgan fingerprint density at radius 3 is 2.73 bits per heavy atom. The molecule has 1 aromatic carbocycles. The van der Waals surface area contributed by atoms with Crippen LogP contribution in [-0.2, 0) is 38.4 Å². The van der Waals surface area contributed by atoms with Gasteiger partial charge in [0, 0.05) is 7.11 Å². The van der Waals surface area contributed by atoms with Crippen LogP contribution in [0.15, 0.2) is 48.8 Å². The van der Waals surface area contributed by atoms with E-state index in [1.165, 1.54) is 42.8 Å². The summed E-state index contributed by atoms with van der Waals surface area (Å²) in [5.41, 5.74) is 4.08. The number of alkyl halides is 1. The van der Waals surface area contributed by atoms with Crippen LogP contribution in [0.25, 0.3) is 5.52 Å². The Labute approximate surface area is 226 Å². The number of hydrogen-bond donors (Lipinski definition) is 3. The van der Waals surface area contributed by atoms with Crippen molar-refractivity contribution in [1.29, 1.82) is 5.26 Å². The Morgan fingerprint density at radius 1 is 1.32 bits per heavy atom. The Morgan fingerprint density at radius 2 is 2.05 bits per heavy atom. The standard InChI is InChI=1S/C23H24FN6O9P/c1-13(20(31)32)29-40(33,38-14-6-4-3-5-7-14)35-11-23(24)18-17(36-21(34-2)37-18)22(10-25,39-23)16-9-8-15-19(26)27-12-28-30(15)16/h3-9,12-13,17-18,21H,11H2,1-2H3,(H,29,33)(H,31,32)(H2,26,27,28)/t13-,17-,18+,21?,22+,23-,40?/m1/s1. The number of aliphatic carboxylic acids is 1. The Bertz CT molecular complexity index is 1500. The molecular formula is C23H24FN6O9P. The third-order valence-corrected chi connectivity index (χ3v) is 7.91. The number of anilines is 1. The number of carboxylic acids is 1. The lowest BCUT2D eigenvalue weighted by Crippen LogP contribution is -2.43. The highest BCUT2D eigenvalue weighted by Gasteiger charge is 2.72. The molecule has 0 saturated carbocycles. The highest BCUT2D eigenvalue weighted by Crippen LogP contribution is 2.54. The Balaban J connectivity index is 1.50. The van der Waals surface area contributed by atoms with Gasteiger partial charge in [-0.2, -0.15) is 15.4 Å². The second kappa shape index (κ2) is 10.4. The van der Waals surface area contributed by atoms with Gasteiger partial charge in [-0.25, -0.2) is 18.5 Å². The molecule has 2 fully saturated rings. The van der Waals surface area contributed by atoms with Gasteiger partial charge in [-0.15, -0.1) is 0 Å². The van der Waals surface area contributed by atoms with Gasteiger partial charge in [0.05, 0.1) is 5.69 Å². The minimum Gasteiger partial charge on any atom is -0.480 e. The van der Waals surface area contributed by atoms with Gasteiger partial charge in [0.1, 0.15) is 42.4 Å². The molecule has 212 valence electrons. The van der Waals surface area contributed by atoms with Gasteiger partial charge in [-0.1, -0.05) is 18.2 Å². The largest absolute Gasteiger partial charge is 0.480 e. The molecule has 2 aliphatic heterocycles. The molecule has 4 N–H and O–H groups in total. The number of rotatable bonds is 10. The van der Waals surface area contributed by atoms with Crippen molar-refractivity contribution in [2.75, 3.05) is 19.5 Å². The molecule has 4 heterocycles. The van der Waals surface area contributed by atoms with Crippen molar-refractivity contribution >= 4 is 25.1 Å². The number of halogens is 1. The molecule has 2 aliphatic rings. The fraction of sp³-hybridized carbons (Fsp3) is 0.391. The molecule has 15 nitrogen and oxygen atoms in total. The Kier molecular flexibility index (Phi) is 7.23. The highest BCUT2D eigenvalue weighted by atomic mass is 31.2. The summed E-state index contributed by atoms with van der Waals surface area (Å²) in [7, 11) is -3.32. The molecule has 2 aromatic heterocycles. The van der Waals surface area contributed by atoms with Gasteiger partial charge < -0.3 is 34.3 Å². The lowest BCUT2D eigenvalue weighted by atomic mass is 9.92. The van der Waals surface area contributed by atoms with Crippen LogP contribution in [0.5, 0.6) is 5.75 Å². The molecule has 7 atom stereocenters. The SMILES string of the molecule is COC1O[C@@H]2[C@H](O1)[C@@](F)(COP(=O)(N[C@H](C)C(=O)O)Oc1ccccc1)O[C@@]2(C#N)c1ccc2c(N)ncnn12. The van der Waals surface area contributed by atoms with Gasteiger partial charge in [0.25, 0.3) is 12.3 Å². The van der Waals surface area contributed by atoms with E-state index in [2.05, 4.69) is 15.2 Å². The average Bonchev–Trinajstić information content (AvgIpc) is 3.63. The molecule has 3 aromatic rings. The number of para-hydroxylation sites is 1. The van der Waals surface area contributed by atoms with E-state index in [0.717, 1.165) is 6.33 Å². The first-order chi connectivity index (χ1) is 19.0. The monoisotopic (exact) mass is 578 g/mol. The maximum atomic E-state index is 16.7. The summed E-state index contributed by atoms with van der Waals surface area (Å²) in [4.78, 5) is 15.4. The topological polar surface area (TPSA) is 202 Å². The lowest BCUT2D eigenvalue weighted by molar-refractivity contribution is -0.296.